The van der Waals surface area contributed by atoms with Crippen LogP contribution in [0.4, 0.5) is 0 Å². The number of carbonyl (C=O) groups is 1. The summed E-state index contributed by atoms with van der Waals surface area (Å²) in [6.07, 6.45) is 6.43. The lowest BCUT2D eigenvalue weighted by Gasteiger charge is -2.31. The van der Waals surface area contributed by atoms with E-state index in [-0.39, 0.29) is 23.6 Å². The number of benzene rings is 2. The van der Waals surface area contributed by atoms with E-state index in [9.17, 15) is 15.0 Å². The van der Waals surface area contributed by atoms with Gasteiger partial charge in [-0.25, -0.2) is 0 Å². The Kier molecular flexibility index (Phi) is 6.04. The molecule has 2 N–H and O–H groups in total. The zero-order chi connectivity index (χ0) is 19.3. The van der Waals surface area contributed by atoms with Gasteiger partial charge in [-0.2, -0.15) is 0 Å². The van der Waals surface area contributed by atoms with E-state index in [2.05, 4.69) is 6.92 Å². The van der Waals surface area contributed by atoms with Crippen molar-refractivity contribution >= 4 is 5.97 Å². The fourth-order valence-electron chi connectivity index (χ4n) is 3.89. The second-order valence-electron chi connectivity index (χ2n) is 7.68. The molecule has 1 aliphatic carbocycles. The van der Waals surface area contributed by atoms with Gasteiger partial charge in [0.25, 0.3) is 0 Å². The van der Waals surface area contributed by atoms with Crippen molar-refractivity contribution in [2.45, 2.75) is 63.4 Å². The number of rotatable bonds is 6. The third-order valence-corrected chi connectivity index (χ3v) is 5.69. The first kappa shape index (κ1) is 19.3. The lowest BCUT2D eigenvalue weighted by Crippen LogP contribution is -2.27. The fourth-order valence-corrected chi connectivity index (χ4v) is 3.89. The zero-order valence-electron chi connectivity index (χ0n) is 15.9. The number of esters is 1. The zero-order valence-corrected chi connectivity index (χ0v) is 15.9. The standard InChI is InChI=1S/C23H28O4/c1-23(17-7-11-19(24)12-8-17,18-9-13-20(25)14-10-18)16-15-22(26)27-21-5-3-2-4-6-21/h7-14,21,24-25H,2-6,15-16H2,1H3. The van der Waals surface area contributed by atoms with E-state index < -0.39 is 5.41 Å². The Morgan fingerprint density at radius 3 is 1.89 bits per heavy atom. The van der Waals surface area contributed by atoms with E-state index in [0.717, 1.165) is 36.8 Å². The summed E-state index contributed by atoms with van der Waals surface area (Å²) < 4.78 is 5.68. The van der Waals surface area contributed by atoms with Crippen LogP contribution in [-0.2, 0) is 14.9 Å². The molecule has 0 saturated heterocycles. The quantitative estimate of drug-likeness (QED) is 0.700. The van der Waals surface area contributed by atoms with E-state index >= 15 is 0 Å². The number of phenolic OH excluding ortho intramolecular Hbond substituents is 2. The Morgan fingerprint density at radius 1 is 0.926 bits per heavy atom. The first-order valence-electron chi connectivity index (χ1n) is 9.76. The summed E-state index contributed by atoms with van der Waals surface area (Å²) in [6, 6.07) is 14.2. The average molecular weight is 368 g/mol. The first-order valence-corrected chi connectivity index (χ1v) is 9.76. The van der Waals surface area contributed by atoms with E-state index in [1.165, 1.54) is 6.42 Å². The summed E-state index contributed by atoms with van der Waals surface area (Å²) >= 11 is 0. The van der Waals surface area contributed by atoms with Gasteiger partial charge < -0.3 is 14.9 Å². The molecule has 4 heteroatoms. The number of hydrogen-bond acceptors (Lipinski definition) is 4. The minimum Gasteiger partial charge on any atom is -0.508 e. The molecule has 0 aliphatic heterocycles. The van der Waals surface area contributed by atoms with Crippen molar-refractivity contribution in [2.75, 3.05) is 0 Å². The van der Waals surface area contributed by atoms with Crippen molar-refractivity contribution in [1.82, 2.24) is 0 Å². The molecule has 1 saturated carbocycles. The number of hydrogen-bond donors (Lipinski definition) is 2. The Hall–Kier alpha value is -2.49. The highest BCUT2D eigenvalue weighted by Crippen LogP contribution is 2.38. The molecule has 2 aromatic rings. The minimum atomic E-state index is -0.424. The summed E-state index contributed by atoms with van der Waals surface area (Å²) in [4.78, 5) is 12.4. The topological polar surface area (TPSA) is 66.8 Å². The molecule has 0 amide bonds. The summed E-state index contributed by atoms with van der Waals surface area (Å²) in [7, 11) is 0. The Bertz CT molecular complexity index is 697. The molecule has 1 fully saturated rings. The Labute approximate surface area is 160 Å². The molecule has 144 valence electrons. The smallest absolute Gasteiger partial charge is 0.306 e. The molecule has 0 aromatic heterocycles. The summed E-state index contributed by atoms with van der Waals surface area (Å²) in [5.74, 6) is 0.276. The third kappa shape index (κ3) is 4.82. The average Bonchev–Trinajstić information content (AvgIpc) is 2.68. The number of ether oxygens (including phenoxy) is 1. The molecule has 0 bridgehead atoms. The minimum absolute atomic E-state index is 0.0693. The van der Waals surface area contributed by atoms with Gasteiger partial charge in [0.15, 0.2) is 0 Å². The van der Waals surface area contributed by atoms with Crippen molar-refractivity contribution in [2.24, 2.45) is 0 Å². The van der Waals surface area contributed by atoms with Gasteiger partial charge in [0.2, 0.25) is 0 Å². The van der Waals surface area contributed by atoms with Crippen LogP contribution in [0.25, 0.3) is 0 Å². The highest BCUT2D eigenvalue weighted by molar-refractivity contribution is 5.70. The predicted octanol–water partition coefficient (Wildman–Crippen LogP) is 5.06. The van der Waals surface area contributed by atoms with Crippen LogP contribution in [0.1, 0.15) is 63.0 Å². The molecule has 27 heavy (non-hydrogen) atoms. The lowest BCUT2D eigenvalue weighted by atomic mass is 9.73. The van der Waals surface area contributed by atoms with E-state index in [4.69, 9.17) is 4.74 Å². The molecule has 3 rings (SSSR count). The van der Waals surface area contributed by atoms with Crippen molar-refractivity contribution < 1.29 is 19.7 Å². The van der Waals surface area contributed by atoms with Gasteiger partial charge >= 0.3 is 5.97 Å². The van der Waals surface area contributed by atoms with Crippen molar-refractivity contribution in [1.29, 1.82) is 0 Å². The van der Waals surface area contributed by atoms with Gasteiger partial charge in [0, 0.05) is 11.8 Å². The molecule has 0 unspecified atom stereocenters. The molecule has 2 aromatic carbocycles. The second kappa shape index (κ2) is 8.47. The molecule has 0 spiro atoms. The number of aromatic hydroxyl groups is 2. The van der Waals surface area contributed by atoms with Crippen LogP contribution in [-0.4, -0.2) is 22.3 Å². The maximum atomic E-state index is 12.4. The maximum Gasteiger partial charge on any atom is 0.306 e. The van der Waals surface area contributed by atoms with Gasteiger partial charge in [0.05, 0.1) is 0 Å². The lowest BCUT2D eigenvalue weighted by molar-refractivity contribution is -0.150. The van der Waals surface area contributed by atoms with E-state index in [1.54, 1.807) is 24.3 Å². The molecule has 0 atom stereocenters. The normalized spacial score (nSPS) is 15.4. The summed E-state index contributed by atoms with van der Waals surface area (Å²) in [6.45, 7) is 2.08. The van der Waals surface area contributed by atoms with Crippen molar-refractivity contribution in [3.05, 3.63) is 59.7 Å². The van der Waals surface area contributed by atoms with Crippen LogP contribution >= 0.6 is 0 Å². The number of phenols is 2. The van der Waals surface area contributed by atoms with Crippen LogP contribution in [0.3, 0.4) is 0 Å². The predicted molar refractivity (Wildman–Crippen MR) is 105 cm³/mol. The molecule has 0 radical (unpaired) electrons. The van der Waals surface area contributed by atoms with Crippen LogP contribution in [0.2, 0.25) is 0 Å². The van der Waals surface area contributed by atoms with Crippen molar-refractivity contribution in [3.8, 4) is 11.5 Å². The van der Waals surface area contributed by atoms with Crippen LogP contribution in [0, 0.1) is 0 Å². The first-order chi connectivity index (χ1) is 13.0. The van der Waals surface area contributed by atoms with Gasteiger partial charge in [-0.15, -0.1) is 0 Å². The van der Waals surface area contributed by atoms with Crippen LogP contribution in [0.15, 0.2) is 48.5 Å². The summed E-state index contributed by atoms with van der Waals surface area (Å²) in [5, 5.41) is 19.2. The van der Waals surface area contributed by atoms with Crippen LogP contribution < -0.4 is 0 Å². The molecule has 1 aliphatic rings. The highest BCUT2D eigenvalue weighted by atomic mass is 16.5. The van der Waals surface area contributed by atoms with Crippen LogP contribution in [0.5, 0.6) is 11.5 Å². The molecule has 4 nitrogen and oxygen atoms in total. The number of carbonyl (C=O) groups excluding carboxylic acids is 1. The van der Waals surface area contributed by atoms with Gasteiger partial charge in [0.1, 0.15) is 17.6 Å². The van der Waals surface area contributed by atoms with Gasteiger partial charge in [-0.05, 0) is 67.5 Å². The third-order valence-electron chi connectivity index (χ3n) is 5.69. The molecule has 0 heterocycles. The second-order valence-corrected chi connectivity index (χ2v) is 7.68. The maximum absolute atomic E-state index is 12.4. The highest BCUT2D eigenvalue weighted by Gasteiger charge is 2.30. The molecular formula is C23H28O4. The Morgan fingerprint density at radius 2 is 1.41 bits per heavy atom. The van der Waals surface area contributed by atoms with Crippen molar-refractivity contribution in [3.63, 3.8) is 0 Å². The SMILES string of the molecule is CC(CCC(=O)OC1CCCCC1)(c1ccc(O)cc1)c1ccc(O)cc1. The summed E-state index contributed by atoms with van der Waals surface area (Å²) in [5.41, 5.74) is 1.60. The largest absolute Gasteiger partial charge is 0.508 e. The van der Waals surface area contributed by atoms with E-state index in [0.29, 0.717) is 12.8 Å². The molecular weight excluding hydrogens is 340 g/mol. The van der Waals surface area contributed by atoms with E-state index in [1.807, 2.05) is 24.3 Å². The fraction of sp³-hybridized carbons (Fsp3) is 0.435. The van der Waals surface area contributed by atoms with Gasteiger partial charge in [-0.1, -0.05) is 37.6 Å². The van der Waals surface area contributed by atoms with Gasteiger partial charge in [-0.3, -0.25) is 4.79 Å². The monoisotopic (exact) mass is 368 g/mol. The Balaban J connectivity index is 1.76.